The Morgan fingerprint density at radius 3 is 2.62 bits per heavy atom. The third-order valence-corrected chi connectivity index (χ3v) is 3.89. The molecule has 2 aromatic rings. The Morgan fingerprint density at radius 2 is 1.95 bits per heavy atom. The van der Waals surface area contributed by atoms with Crippen LogP contribution in [-0.2, 0) is 13.0 Å². The van der Waals surface area contributed by atoms with Crippen LogP contribution in [0.1, 0.15) is 24.0 Å². The fourth-order valence-corrected chi connectivity index (χ4v) is 2.49. The average Bonchev–Trinajstić information content (AvgIpc) is 2.93. The minimum Gasteiger partial charge on any atom is -0.354 e. The van der Waals surface area contributed by atoms with Crippen molar-refractivity contribution < 1.29 is 4.63 Å². The molecule has 7 heteroatoms. The number of nitrogens with zero attached hydrogens (tertiary/aromatic N) is 6. The zero-order valence-corrected chi connectivity index (χ0v) is 12.5. The Morgan fingerprint density at radius 1 is 1.14 bits per heavy atom. The Labute approximate surface area is 123 Å². The van der Waals surface area contributed by atoms with Crippen LogP contribution in [0.2, 0.25) is 0 Å². The number of hydrogen-bond donors (Lipinski definition) is 0. The zero-order chi connectivity index (χ0) is 14.7. The maximum Gasteiger partial charge on any atom is 0.132 e. The van der Waals surface area contributed by atoms with Crippen molar-refractivity contribution in [3.05, 3.63) is 29.5 Å². The highest BCUT2D eigenvalue weighted by atomic mass is 16.6. The van der Waals surface area contributed by atoms with Gasteiger partial charge in [-0.1, -0.05) is 17.2 Å². The Kier molecular flexibility index (Phi) is 4.10. The molecule has 3 rings (SSSR count). The van der Waals surface area contributed by atoms with Crippen LogP contribution in [0.5, 0.6) is 0 Å². The molecule has 2 aromatic heterocycles. The van der Waals surface area contributed by atoms with E-state index in [9.17, 15) is 0 Å². The summed E-state index contributed by atoms with van der Waals surface area (Å²) in [4.78, 5) is 13.3. The number of aromatic nitrogens is 4. The highest BCUT2D eigenvalue weighted by Gasteiger charge is 2.20. The smallest absolute Gasteiger partial charge is 0.132 e. The summed E-state index contributed by atoms with van der Waals surface area (Å²) in [5, 5.41) is 7.77. The molecule has 1 aliphatic rings. The molecule has 0 spiro atoms. The van der Waals surface area contributed by atoms with Crippen molar-refractivity contribution in [1.29, 1.82) is 0 Å². The highest BCUT2D eigenvalue weighted by molar-refractivity contribution is 5.39. The summed E-state index contributed by atoms with van der Waals surface area (Å²) in [6.45, 7) is 8.73. The van der Waals surface area contributed by atoms with Gasteiger partial charge in [0, 0.05) is 44.5 Å². The predicted octanol–water partition coefficient (Wildman–Crippen LogP) is 1.05. The topological polar surface area (TPSA) is 71.2 Å². The summed E-state index contributed by atoms with van der Waals surface area (Å²) in [6, 6.07) is 2.08. The molecule has 1 saturated heterocycles. The molecule has 0 aromatic carbocycles. The van der Waals surface area contributed by atoms with Crippen LogP contribution in [0.25, 0.3) is 0 Å². The van der Waals surface area contributed by atoms with Gasteiger partial charge >= 0.3 is 0 Å². The molecule has 21 heavy (non-hydrogen) atoms. The molecule has 0 atom stereocenters. The van der Waals surface area contributed by atoms with E-state index >= 15 is 0 Å². The van der Waals surface area contributed by atoms with E-state index in [0.717, 1.165) is 62.0 Å². The molecule has 0 bridgehead atoms. The van der Waals surface area contributed by atoms with E-state index < -0.39 is 0 Å². The van der Waals surface area contributed by atoms with Crippen molar-refractivity contribution in [2.45, 2.75) is 26.8 Å². The minimum absolute atomic E-state index is 0.799. The maximum absolute atomic E-state index is 4.75. The van der Waals surface area contributed by atoms with E-state index in [1.165, 1.54) is 0 Å². The lowest BCUT2D eigenvalue weighted by Gasteiger charge is -2.35. The van der Waals surface area contributed by atoms with Crippen molar-refractivity contribution in [3.63, 3.8) is 0 Å². The largest absolute Gasteiger partial charge is 0.354 e. The molecule has 3 heterocycles. The van der Waals surface area contributed by atoms with Gasteiger partial charge in [0.2, 0.25) is 0 Å². The van der Waals surface area contributed by atoms with E-state index in [1.54, 1.807) is 6.33 Å². The monoisotopic (exact) mass is 288 g/mol. The molecule has 0 N–H and O–H groups in total. The highest BCUT2D eigenvalue weighted by Crippen LogP contribution is 2.15. The lowest BCUT2D eigenvalue weighted by Crippen LogP contribution is -2.46. The van der Waals surface area contributed by atoms with Gasteiger partial charge in [-0.2, -0.15) is 0 Å². The van der Waals surface area contributed by atoms with Gasteiger partial charge in [0.05, 0.1) is 0 Å². The van der Waals surface area contributed by atoms with Crippen LogP contribution in [-0.4, -0.2) is 51.4 Å². The van der Waals surface area contributed by atoms with Crippen LogP contribution in [0.4, 0.5) is 5.82 Å². The summed E-state index contributed by atoms with van der Waals surface area (Å²) in [6.07, 6.45) is 2.60. The van der Waals surface area contributed by atoms with Gasteiger partial charge in [-0.05, 0) is 13.3 Å². The van der Waals surface area contributed by atoms with Crippen LogP contribution < -0.4 is 4.90 Å². The van der Waals surface area contributed by atoms with Gasteiger partial charge in [0.1, 0.15) is 23.5 Å². The molecule has 0 amide bonds. The number of aryl methyl sites for hydroxylation is 2. The molecule has 1 fully saturated rings. The first kappa shape index (κ1) is 13.9. The molecule has 0 aliphatic carbocycles. The van der Waals surface area contributed by atoms with Crippen LogP contribution in [0.15, 0.2) is 17.0 Å². The minimum atomic E-state index is 0.799. The van der Waals surface area contributed by atoms with Crippen molar-refractivity contribution in [2.24, 2.45) is 0 Å². The second-order valence-electron chi connectivity index (χ2n) is 5.28. The molecule has 7 nitrogen and oxygen atoms in total. The molecule has 1 aliphatic heterocycles. The lowest BCUT2D eigenvalue weighted by molar-refractivity contribution is 0.237. The first-order valence-corrected chi connectivity index (χ1v) is 7.32. The fourth-order valence-electron chi connectivity index (χ4n) is 2.49. The molecular weight excluding hydrogens is 268 g/mol. The first-order chi connectivity index (χ1) is 10.3. The van der Waals surface area contributed by atoms with Crippen molar-refractivity contribution in [3.8, 4) is 0 Å². The molecule has 0 radical (unpaired) electrons. The standard InChI is InChI=1S/C14H20N6O/c1-3-12-8-14(16-10-15-12)20-6-4-19(5-7-20)9-13-11(2)17-21-18-13/h8,10H,3-7,9H2,1-2H3. The quantitative estimate of drug-likeness (QED) is 0.832. The van der Waals surface area contributed by atoms with Gasteiger partial charge in [0.25, 0.3) is 0 Å². The summed E-state index contributed by atoms with van der Waals surface area (Å²) < 4.78 is 4.75. The van der Waals surface area contributed by atoms with Crippen molar-refractivity contribution in [2.75, 3.05) is 31.1 Å². The van der Waals surface area contributed by atoms with Gasteiger partial charge in [-0.3, -0.25) is 4.90 Å². The Bertz CT molecular complexity index is 591. The maximum atomic E-state index is 4.75. The van der Waals surface area contributed by atoms with Crippen LogP contribution >= 0.6 is 0 Å². The van der Waals surface area contributed by atoms with E-state index in [2.05, 4.69) is 43.1 Å². The van der Waals surface area contributed by atoms with E-state index in [4.69, 9.17) is 4.63 Å². The Hall–Kier alpha value is -2.02. The third kappa shape index (κ3) is 3.18. The summed E-state index contributed by atoms with van der Waals surface area (Å²) in [7, 11) is 0. The summed E-state index contributed by atoms with van der Waals surface area (Å²) in [5.74, 6) is 1.03. The third-order valence-electron chi connectivity index (χ3n) is 3.89. The SMILES string of the molecule is CCc1cc(N2CCN(Cc3nonc3C)CC2)ncn1. The number of piperazine rings is 1. The number of rotatable bonds is 4. The second kappa shape index (κ2) is 6.17. The predicted molar refractivity (Wildman–Crippen MR) is 77.9 cm³/mol. The zero-order valence-electron chi connectivity index (χ0n) is 12.5. The normalized spacial score (nSPS) is 16.4. The Balaban J connectivity index is 1.58. The first-order valence-electron chi connectivity index (χ1n) is 7.32. The lowest BCUT2D eigenvalue weighted by atomic mass is 10.2. The van der Waals surface area contributed by atoms with Crippen LogP contribution in [0.3, 0.4) is 0 Å². The molecule has 0 saturated carbocycles. The average molecular weight is 288 g/mol. The molecule has 0 unspecified atom stereocenters. The van der Waals surface area contributed by atoms with Gasteiger partial charge < -0.3 is 4.90 Å². The fraction of sp³-hybridized carbons (Fsp3) is 0.571. The summed E-state index contributed by atoms with van der Waals surface area (Å²) in [5.41, 5.74) is 2.89. The number of anilines is 1. The summed E-state index contributed by atoms with van der Waals surface area (Å²) >= 11 is 0. The van der Waals surface area contributed by atoms with Crippen molar-refractivity contribution >= 4 is 5.82 Å². The van der Waals surface area contributed by atoms with Crippen LogP contribution in [0, 0.1) is 6.92 Å². The van der Waals surface area contributed by atoms with Crippen molar-refractivity contribution in [1.82, 2.24) is 25.2 Å². The molecule has 112 valence electrons. The van der Waals surface area contributed by atoms with E-state index in [0.29, 0.717) is 0 Å². The second-order valence-corrected chi connectivity index (χ2v) is 5.28. The molecular formula is C14H20N6O. The van der Waals surface area contributed by atoms with E-state index in [1.807, 2.05) is 6.92 Å². The number of hydrogen-bond acceptors (Lipinski definition) is 7. The van der Waals surface area contributed by atoms with Gasteiger partial charge in [-0.15, -0.1) is 0 Å². The van der Waals surface area contributed by atoms with E-state index in [-0.39, 0.29) is 0 Å². The van der Waals surface area contributed by atoms with Gasteiger partial charge in [0.15, 0.2) is 0 Å². The van der Waals surface area contributed by atoms with Gasteiger partial charge in [-0.25, -0.2) is 14.6 Å².